The van der Waals surface area contributed by atoms with Crippen LogP contribution in [0.3, 0.4) is 0 Å². The van der Waals surface area contributed by atoms with Crippen LogP contribution in [0, 0.1) is 6.92 Å². The van der Waals surface area contributed by atoms with Crippen LogP contribution in [0.1, 0.15) is 32.3 Å². The van der Waals surface area contributed by atoms with Crippen LogP contribution in [0.2, 0.25) is 5.02 Å². The van der Waals surface area contributed by atoms with Crippen molar-refractivity contribution in [2.24, 2.45) is 0 Å². The highest BCUT2D eigenvalue weighted by Crippen LogP contribution is 2.26. The van der Waals surface area contributed by atoms with E-state index in [0.29, 0.717) is 29.4 Å². The van der Waals surface area contributed by atoms with E-state index < -0.39 is 6.10 Å². The van der Waals surface area contributed by atoms with E-state index in [2.05, 4.69) is 24.2 Å². The molecule has 0 aromatic heterocycles. The molecule has 1 aliphatic carbocycles. The molecule has 1 saturated carbocycles. The average Bonchev–Trinajstić information content (AvgIpc) is 3.31. The number of likely N-dealkylation sites (N-methyl/N-ethyl adjacent to an activating group) is 1. The first-order chi connectivity index (χ1) is 10.4. The average molecular weight is 325 g/mol. The van der Waals surface area contributed by atoms with Gasteiger partial charge in [-0.25, -0.2) is 0 Å². The van der Waals surface area contributed by atoms with Crippen LogP contribution in [0.5, 0.6) is 5.75 Å². The Morgan fingerprint density at radius 2 is 2.14 bits per heavy atom. The smallest absolute Gasteiger partial charge is 0.260 e. The molecule has 0 saturated heterocycles. The van der Waals surface area contributed by atoms with E-state index in [1.54, 1.807) is 19.1 Å². The molecule has 1 amide bonds. The second-order valence-corrected chi connectivity index (χ2v) is 6.60. The Bertz CT molecular complexity index is 531. The molecule has 0 bridgehead atoms. The summed E-state index contributed by atoms with van der Waals surface area (Å²) in [4.78, 5) is 14.5. The van der Waals surface area contributed by atoms with E-state index in [4.69, 9.17) is 16.3 Å². The summed E-state index contributed by atoms with van der Waals surface area (Å²) in [5.41, 5.74) is 0.925. The van der Waals surface area contributed by atoms with E-state index in [9.17, 15) is 4.79 Å². The fourth-order valence-corrected chi connectivity index (χ4v) is 2.59. The molecule has 1 aliphatic rings. The highest BCUT2D eigenvalue weighted by molar-refractivity contribution is 6.30. The number of halogens is 1. The molecule has 0 aliphatic heterocycles. The maximum Gasteiger partial charge on any atom is 0.260 e. The maximum absolute atomic E-state index is 12.2. The Balaban J connectivity index is 1.81. The fraction of sp³-hybridized carbons (Fsp3) is 0.588. The normalized spacial score (nSPS) is 17.2. The molecule has 0 heterocycles. The van der Waals surface area contributed by atoms with E-state index in [-0.39, 0.29) is 5.91 Å². The van der Waals surface area contributed by atoms with Crippen LogP contribution in [0.4, 0.5) is 0 Å². The molecule has 2 atom stereocenters. The molecule has 1 aromatic carbocycles. The minimum Gasteiger partial charge on any atom is -0.481 e. The van der Waals surface area contributed by atoms with Crippen molar-refractivity contribution in [2.75, 3.05) is 13.6 Å². The predicted octanol–water partition coefficient (Wildman–Crippen LogP) is 3.01. The van der Waals surface area contributed by atoms with E-state index in [1.165, 1.54) is 12.8 Å². The van der Waals surface area contributed by atoms with Crippen LogP contribution in [-0.2, 0) is 4.79 Å². The summed E-state index contributed by atoms with van der Waals surface area (Å²) in [7, 11) is 2.12. The third-order valence-corrected chi connectivity index (χ3v) is 4.43. The van der Waals surface area contributed by atoms with Crippen LogP contribution >= 0.6 is 11.6 Å². The number of benzene rings is 1. The molecular weight excluding hydrogens is 300 g/mol. The minimum atomic E-state index is -0.529. The van der Waals surface area contributed by atoms with Gasteiger partial charge in [0.2, 0.25) is 0 Å². The molecule has 5 heteroatoms. The molecule has 0 spiro atoms. The fourth-order valence-electron chi connectivity index (χ4n) is 2.37. The van der Waals surface area contributed by atoms with E-state index in [1.807, 2.05) is 13.0 Å². The Kier molecular flexibility index (Phi) is 5.70. The van der Waals surface area contributed by atoms with Gasteiger partial charge in [0, 0.05) is 23.7 Å². The summed E-state index contributed by atoms with van der Waals surface area (Å²) < 4.78 is 5.73. The zero-order valence-corrected chi connectivity index (χ0v) is 14.5. The van der Waals surface area contributed by atoms with Gasteiger partial charge in [-0.3, -0.25) is 9.69 Å². The summed E-state index contributed by atoms with van der Waals surface area (Å²) in [5, 5.41) is 3.63. The standard InChI is InChI=1S/C17H25ClN2O2/c1-11-9-14(18)5-8-16(11)22-13(3)17(21)19-10-12(2)20(4)15-6-7-15/h5,8-9,12-13,15H,6-7,10H2,1-4H3,(H,19,21). The van der Waals surface area contributed by atoms with Gasteiger partial charge >= 0.3 is 0 Å². The first-order valence-corrected chi connectivity index (χ1v) is 8.18. The first kappa shape index (κ1) is 17.1. The van der Waals surface area contributed by atoms with Crippen molar-refractivity contribution in [3.05, 3.63) is 28.8 Å². The lowest BCUT2D eigenvalue weighted by atomic mass is 10.2. The number of nitrogens with zero attached hydrogens (tertiary/aromatic N) is 1. The van der Waals surface area contributed by atoms with Gasteiger partial charge in [0.05, 0.1) is 0 Å². The van der Waals surface area contributed by atoms with Crippen molar-refractivity contribution in [1.29, 1.82) is 0 Å². The number of rotatable bonds is 7. The molecule has 0 radical (unpaired) electrons. The first-order valence-electron chi connectivity index (χ1n) is 7.81. The second kappa shape index (κ2) is 7.34. The number of hydrogen-bond acceptors (Lipinski definition) is 3. The largest absolute Gasteiger partial charge is 0.481 e. The van der Waals surface area contributed by atoms with E-state index in [0.717, 1.165) is 5.56 Å². The van der Waals surface area contributed by atoms with Crippen LogP contribution in [0.15, 0.2) is 18.2 Å². The van der Waals surface area contributed by atoms with Gasteiger partial charge < -0.3 is 10.1 Å². The van der Waals surface area contributed by atoms with Gasteiger partial charge in [0.15, 0.2) is 6.10 Å². The highest BCUT2D eigenvalue weighted by Gasteiger charge is 2.29. The summed E-state index contributed by atoms with van der Waals surface area (Å²) >= 11 is 5.92. The van der Waals surface area contributed by atoms with Crippen molar-refractivity contribution in [2.45, 2.75) is 51.8 Å². The summed E-state index contributed by atoms with van der Waals surface area (Å²) in [5.74, 6) is 0.598. The quantitative estimate of drug-likeness (QED) is 0.838. The number of aryl methyl sites for hydroxylation is 1. The second-order valence-electron chi connectivity index (χ2n) is 6.16. The Labute approximate surface area is 137 Å². The van der Waals surface area contributed by atoms with Crippen molar-refractivity contribution in [3.8, 4) is 5.75 Å². The van der Waals surface area contributed by atoms with Crippen molar-refractivity contribution in [1.82, 2.24) is 10.2 Å². The SMILES string of the molecule is Cc1cc(Cl)ccc1OC(C)C(=O)NCC(C)N(C)C1CC1. The van der Waals surface area contributed by atoms with Gasteiger partial charge in [0.25, 0.3) is 5.91 Å². The summed E-state index contributed by atoms with van der Waals surface area (Å²) in [6.07, 6.45) is 2.01. The molecule has 1 fully saturated rings. The van der Waals surface area contributed by atoms with E-state index >= 15 is 0 Å². The predicted molar refractivity (Wildman–Crippen MR) is 89.5 cm³/mol. The van der Waals surface area contributed by atoms with Gasteiger partial charge in [-0.1, -0.05) is 11.6 Å². The number of ether oxygens (including phenoxy) is 1. The van der Waals surface area contributed by atoms with Crippen LogP contribution in [0.25, 0.3) is 0 Å². The van der Waals surface area contributed by atoms with Gasteiger partial charge in [-0.2, -0.15) is 0 Å². The lowest BCUT2D eigenvalue weighted by molar-refractivity contribution is -0.127. The number of carbonyl (C=O) groups is 1. The molecule has 1 N–H and O–H groups in total. The molecule has 4 nitrogen and oxygen atoms in total. The van der Waals surface area contributed by atoms with Crippen molar-refractivity contribution < 1.29 is 9.53 Å². The molecule has 22 heavy (non-hydrogen) atoms. The van der Waals surface area contributed by atoms with Crippen LogP contribution < -0.4 is 10.1 Å². The summed E-state index contributed by atoms with van der Waals surface area (Å²) in [6, 6.07) is 6.42. The number of nitrogens with one attached hydrogen (secondary N) is 1. The topological polar surface area (TPSA) is 41.6 Å². The minimum absolute atomic E-state index is 0.0922. The monoisotopic (exact) mass is 324 g/mol. The van der Waals surface area contributed by atoms with Gasteiger partial charge in [-0.05, 0) is 64.4 Å². The molecule has 2 rings (SSSR count). The lowest BCUT2D eigenvalue weighted by Gasteiger charge is -2.25. The third kappa shape index (κ3) is 4.62. The molecule has 122 valence electrons. The molecular formula is C17H25ClN2O2. The van der Waals surface area contributed by atoms with Gasteiger partial charge in [-0.15, -0.1) is 0 Å². The number of carbonyl (C=O) groups excluding carboxylic acids is 1. The zero-order chi connectivity index (χ0) is 16.3. The Hall–Kier alpha value is -1.26. The van der Waals surface area contributed by atoms with Crippen LogP contribution in [-0.4, -0.2) is 42.6 Å². The Morgan fingerprint density at radius 1 is 1.45 bits per heavy atom. The third-order valence-electron chi connectivity index (χ3n) is 4.20. The molecule has 1 aromatic rings. The number of hydrogen-bond donors (Lipinski definition) is 1. The van der Waals surface area contributed by atoms with Gasteiger partial charge in [0.1, 0.15) is 5.75 Å². The highest BCUT2D eigenvalue weighted by atomic mass is 35.5. The van der Waals surface area contributed by atoms with Crippen molar-refractivity contribution >= 4 is 17.5 Å². The number of amides is 1. The summed E-state index contributed by atoms with van der Waals surface area (Å²) in [6.45, 7) is 6.45. The Morgan fingerprint density at radius 3 is 2.73 bits per heavy atom. The maximum atomic E-state index is 12.2. The van der Waals surface area contributed by atoms with Crippen molar-refractivity contribution in [3.63, 3.8) is 0 Å². The lowest BCUT2D eigenvalue weighted by Crippen LogP contribution is -2.44. The zero-order valence-electron chi connectivity index (χ0n) is 13.7. The molecule has 2 unspecified atom stereocenters.